The van der Waals surface area contributed by atoms with Crippen molar-refractivity contribution in [2.24, 2.45) is 0 Å². The van der Waals surface area contributed by atoms with Crippen LogP contribution < -0.4 is 9.46 Å². The number of hydrogen-bond acceptors (Lipinski definition) is 6. The lowest BCUT2D eigenvalue weighted by Crippen LogP contribution is -2.18. The zero-order valence-electron chi connectivity index (χ0n) is 13.9. The van der Waals surface area contributed by atoms with Crippen LogP contribution in [0.25, 0.3) is 0 Å². The molecule has 0 aliphatic carbocycles. The smallest absolute Gasteiger partial charge is 0.343 e. The Balaban J connectivity index is 2.41. The average Bonchev–Trinajstić information content (AvgIpc) is 3.00. The van der Waals surface area contributed by atoms with Gasteiger partial charge in [-0.1, -0.05) is 18.5 Å². The number of aromatic amines is 1. The zero-order valence-corrected chi connectivity index (χ0v) is 15.5. The van der Waals surface area contributed by atoms with Gasteiger partial charge in [0.2, 0.25) is 5.03 Å². The van der Waals surface area contributed by atoms with E-state index in [9.17, 15) is 13.2 Å². The van der Waals surface area contributed by atoms with Crippen molar-refractivity contribution in [3.8, 4) is 5.75 Å². The lowest BCUT2D eigenvalue weighted by molar-refractivity contribution is 0.0520. The Bertz CT molecular complexity index is 879. The average molecular weight is 388 g/mol. The first kappa shape index (κ1) is 19.1. The lowest BCUT2D eigenvalue weighted by atomic mass is 10.2. The fourth-order valence-electron chi connectivity index (χ4n) is 2.16. The first-order valence-corrected chi connectivity index (χ1v) is 9.30. The molecular weight excluding hydrogens is 370 g/mol. The van der Waals surface area contributed by atoms with Gasteiger partial charge in [0.05, 0.1) is 30.1 Å². The molecule has 25 heavy (non-hydrogen) atoms. The minimum atomic E-state index is -4.13. The summed E-state index contributed by atoms with van der Waals surface area (Å²) in [7, 11) is -2.67. The van der Waals surface area contributed by atoms with E-state index < -0.39 is 21.0 Å². The predicted octanol–water partition coefficient (Wildman–Crippen LogP) is 2.61. The summed E-state index contributed by atoms with van der Waals surface area (Å²) in [4.78, 5) is 12.1. The largest absolute Gasteiger partial charge is 0.495 e. The molecule has 0 saturated heterocycles. The summed E-state index contributed by atoms with van der Waals surface area (Å²) in [6.07, 6.45) is 0.394. The molecule has 2 N–H and O–H groups in total. The van der Waals surface area contributed by atoms with E-state index in [1.165, 1.54) is 25.3 Å². The van der Waals surface area contributed by atoms with Gasteiger partial charge in [-0.15, -0.1) is 0 Å². The van der Waals surface area contributed by atoms with Gasteiger partial charge in [-0.3, -0.25) is 9.82 Å². The van der Waals surface area contributed by atoms with Crippen LogP contribution in [-0.4, -0.2) is 38.3 Å². The molecule has 0 amide bonds. The Hall–Kier alpha value is -2.26. The van der Waals surface area contributed by atoms with E-state index >= 15 is 0 Å². The van der Waals surface area contributed by atoms with Crippen molar-refractivity contribution in [2.75, 3.05) is 18.4 Å². The summed E-state index contributed by atoms with van der Waals surface area (Å²) in [5.74, 6) is -0.342. The second kappa shape index (κ2) is 7.75. The van der Waals surface area contributed by atoms with Crippen molar-refractivity contribution in [2.45, 2.75) is 25.3 Å². The fraction of sp³-hybridized carbons (Fsp3) is 0.333. The van der Waals surface area contributed by atoms with Gasteiger partial charge in [0, 0.05) is 0 Å². The number of rotatable bonds is 7. The minimum absolute atomic E-state index is 0.101. The predicted molar refractivity (Wildman–Crippen MR) is 92.7 cm³/mol. The zero-order chi connectivity index (χ0) is 18.6. The number of nitrogens with zero attached hydrogens (tertiary/aromatic N) is 1. The highest BCUT2D eigenvalue weighted by atomic mass is 35.5. The third kappa shape index (κ3) is 4.05. The normalized spacial score (nSPS) is 11.2. The first-order chi connectivity index (χ1) is 11.8. The molecule has 0 unspecified atom stereocenters. The number of nitrogens with one attached hydrogen (secondary N) is 2. The van der Waals surface area contributed by atoms with Crippen LogP contribution in [0, 0.1) is 0 Å². The molecule has 0 radical (unpaired) electrons. The fourth-order valence-corrected chi connectivity index (χ4v) is 3.59. The highest BCUT2D eigenvalue weighted by molar-refractivity contribution is 7.92. The Morgan fingerprint density at radius 1 is 1.36 bits per heavy atom. The number of methoxy groups -OCH3 is 1. The third-order valence-corrected chi connectivity index (χ3v) is 4.90. The molecule has 0 spiro atoms. The Morgan fingerprint density at radius 2 is 2.08 bits per heavy atom. The third-order valence-electron chi connectivity index (χ3n) is 3.30. The number of halogens is 1. The molecule has 0 saturated carbocycles. The van der Waals surface area contributed by atoms with Gasteiger partial charge in [0.25, 0.3) is 10.0 Å². The number of ether oxygens (including phenoxy) is 2. The Morgan fingerprint density at radius 3 is 2.64 bits per heavy atom. The van der Waals surface area contributed by atoms with E-state index in [-0.39, 0.29) is 22.9 Å². The van der Waals surface area contributed by atoms with Crippen LogP contribution in [0.15, 0.2) is 23.2 Å². The topological polar surface area (TPSA) is 110 Å². The van der Waals surface area contributed by atoms with Crippen molar-refractivity contribution in [1.29, 1.82) is 0 Å². The van der Waals surface area contributed by atoms with Crippen LogP contribution in [-0.2, 0) is 21.2 Å². The number of H-pyrrole nitrogens is 1. The molecule has 1 aromatic heterocycles. The van der Waals surface area contributed by atoms with E-state index in [4.69, 9.17) is 21.1 Å². The molecule has 1 heterocycles. The molecule has 0 fully saturated rings. The van der Waals surface area contributed by atoms with Crippen molar-refractivity contribution in [3.63, 3.8) is 0 Å². The molecule has 0 aliphatic rings. The SMILES string of the molecule is CCOC(=O)c1c(S(=O)(=O)Nc2ccc(OC)c(Cl)c2)n[nH]c1CC. The number of esters is 1. The maximum atomic E-state index is 12.7. The first-order valence-electron chi connectivity index (χ1n) is 7.44. The molecule has 0 atom stereocenters. The highest BCUT2D eigenvalue weighted by Gasteiger charge is 2.30. The molecule has 2 aromatic rings. The summed E-state index contributed by atoms with van der Waals surface area (Å²) >= 11 is 6.00. The minimum Gasteiger partial charge on any atom is -0.495 e. The number of aryl methyl sites for hydroxylation is 1. The van der Waals surface area contributed by atoms with Crippen LogP contribution >= 0.6 is 11.6 Å². The number of anilines is 1. The van der Waals surface area contributed by atoms with Crippen molar-refractivity contribution in [1.82, 2.24) is 10.2 Å². The van der Waals surface area contributed by atoms with Gasteiger partial charge in [-0.25, -0.2) is 4.79 Å². The highest BCUT2D eigenvalue weighted by Crippen LogP contribution is 2.29. The van der Waals surface area contributed by atoms with E-state index in [0.29, 0.717) is 17.9 Å². The van der Waals surface area contributed by atoms with Gasteiger partial charge in [0.1, 0.15) is 11.3 Å². The molecule has 0 bridgehead atoms. The summed E-state index contributed by atoms with van der Waals surface area (Å²) in [5, 5.41) is 6.17. The molecule has 8 nitrogen and oxygen atoms in total. The maximum absolute atomic E-state index is 12.7. The van der Waals surface area contributed by atoms with E-state index in [0.717, 1.165) is 0 Å². The van der Waals surface area contributed by atoms with E-state index in [1.54, 1.807) is 13.8 Å². The Kier molecular flexibility index (Phi) is 5.91. The van der Waals surface area contributed by atoms with Crippen molar-refractivity contribution in [3.05, 3.63) is 34.5 Å². The van der Waals surface area contributed by atoms with Crippen molar-refractivity contribution < 1.29 is 22.7 Å². The van der Waals surface area contributed by atoms with Crippen LogP contribution in [0.1, 0.15) is 29.9 Å². The summed E-state index contributed by atoms with van der Waals surface area (Å²) < 4.78 is 37.6. The summed E-state index contributed by atoms with van der Waals surface area (Å²) in [5.41, 5.74) is 0.490. The van der Waals surface area contributed by atoms with Crippen LogP contribution in [0.2, 0.25) is 5.02 Å². The quantitative estimate of drug-likeness (QED) is 0.706. The standard InChI is InChI=1S/C15H18ClN3O5S/c1-4-11-13(15(20)24-5-2)14(18-17-11)25(21,22)19-9-6-7-12(23-3)10(16)8-9/h6-8,19H,4-5H2,1-3H3,(H,17,18). The second-order valence-corrected chi connectivity index (χ2v) is 6.92. The van der Waals surface area contributed by atoms with Crippen LogP contribution in [0.5, 0.6) is 5.75 Å². The summed E-state index contributed by atoms with van der Waals surface area (Å²) in [6, 6.07) is 4.41. The second-order valence-electron chi connectivity index (χ2n) is 4.91. The van der Waals surface area contributed by atoms with Gasteiger partial charge in [-0.05, 0) is 31.5 Å². The number of hydrogen-bond donors (Lipinski definition) is 2. The lowest BCUT2D eigenvalue weighted by Gasteiger charge is -2.10. The van der Waals surface area contributed by atoms with Gasteiger partial charge < -0.3 is 9.47 Å². The number of carbonyl (C=O) groups is 1. The van der Waals surface area contributed by atoms with Gasteiger partial charge >= 0.3 is 5.97 Å². The van der Waals surface area contributed by atoms with E-state index in [2.05, 4.69) is 14.9 Å². The summed E-state index contributed by atoms with van der Waals surface area (Å²) in [6.45, 7) is 3.52. The molecule has 1 aromatic carbocycles. The monoisotopic (exact) mass is 387 g/mol. The molecule has 0 aliphatic heterocycles. The number of aromatic nitrogens is 2. The van der Waals surface area contributed by atoms with Gasteiger partial charge in [-0.2, -0.15) is 13.5 Å². The molecule has 10 heteroatoms. The molecule has 136 valence electrons. The Labute approximate surface area is 150 Å². The van der Waals surface area contributed by atoms with Crippen LogP contribution in [0.3, 0.4) is 0 Å². The van der Waals surface area contributed by atoms with E-state index in [1.807, 2.05) is 0 Å². The maximum Gasteiger partial charge on any atom is 0.343 e. The molecule has 2 rings (SSSR count). The molecular formula is C15H18ClN3O5S. The van der Waals surface area contributed by atoms with Gasteiger partial charge in [0.15, 0.2) is 0 Å². The number of sulfonamides is 1. The number of carbonyl (C=O) groups excluding carboxylic acids is 1. The number of benzene rings is 1. The van der Waals surface area contributed by atoms with Crippen molar-refractivity contribution >= 4 is 33.3 Å². The van der Waals surface area contributed by atoms with Crippen LogP contribution in [0.4, 0.5) is 5.69 Å².